The summed E-state index contributed by atoms with van der Waals surface area (Å²) >= 11 is 0. The molecule has 1 heterocycles. The van der Waals surface area contributed by atoms with Crippen molar-refractivity contribution in [3.05, 3.63) is 95.9 Å². The van der Waals surface area contributed by atoms with Crippen molar-refractivity contribution in [2.24, 2.45) is 5.10 Å². The Bertz CT molecular complexity index is 896. The summed E-state index contributed by atoms with van der Waals surface area (Å²) in [4.78, 5) is 24.9. The van der Waals surface area contributed by atoms with Gasteiger partial charge in [-0.15, -0.1) is 0 Å². The van der Waals surface area contributed by atoms with Gasteiger partial charge in [0.05, 0.1) is 18.7 Å². The van der Waals surface area contributed by atoms with Gasteiger partial charge in [0.2, 0.25) is 5.91 Å². The third-order valence-electron chi connectivity index (χ3n) is 4.18. The maximum Gasteiger partial charge on any atom is 0.259 e. The second kappa shape index (κ2) is 9.32. The third-order valence-corrected chi connectivity index (χ3v) is 4.18. The second-order valence-electron chi connectivity index (χ2n) is 6.18. The summed E-state index contributed by atoms with van der Waals surface area (Å²) in [5, 5.41) is 6.67. The van der Waals surface area contributed by atoms with Gasteiger partial charge in [-0.3, -0.25) is 9.59 Å². The van der Waals surface area contributed by atoms with Crippen molar-refractivity contribution < 1.29 is 14.0 Å². The van der Waals surface area contributed by atoms with Gasteiger partial charge in [-0.25, -0.2) is 5.43 Å². The molecule has 6 nitrogen and oxygen atoms in total. The Morgan fingerprint density at radius 3 is 2.07 bits per heavy atom. The minimum Gasteiger partial charge on any atom is -0.463 e. The number of hydrogen-bond donors (Lipinski definition) is 2. The zero-order valence-electron chi connectivity index (χ0n) is 15.5. The highest BCUT2D eigenvalue weighted by molar-refractivity contribution is 5.97. The lowest BCUT2D eigenvalue weighted by Gasteiger charge is -2.17. The molecule has 0 radical (unpaired) electrons. The molecule has 0 atom stereocenters. The van der Waals surface area contributed by atoms with Gasteiger partial charge in [-0.2, -0.15) is 5.10 Å². The zero-order valence-corrected chi connectivity index (χ0v) is 15.5. The normalized spacial score (nSPS) is 11.3. The minimum atomic E-state index is -0.497. The topological polar surface area (TPSA) is 83.7 Å². The van der Waals surface area contributed by atoms with E-state index in [1.165, 1.54) is 6.26 Å². The number of carbonyl (C=O) groups is 2. The van der Waals surface area contributed by atoms with E-state index < -0.39 is 11.8 Å². The smallest absolute Gasteiger partial charge is 0.259 e. The molecule has 3 rings (SSSR count). The first-order valence-corrected chi connectivity index (χ1v) is 8.90. The Morgan fingerprint density at radius 2 is 1.54 bits per heavy atom. The van der Waals surface area contributed by atoms with Crippen molar-refractivity contribution >= 4 is 17.5 Å². The van der Waals surface area contributed by atoms with Crippen LogP contribution in [0.15, 0.2) is 88.6 Å². The molecule has 6 heteroatoms. The highest BCUT2D eigenvalue weighted by Gasteiger charge is 2.22. The first kappa shape index (κ1) is 19.1. The van der Waals surface area contributed by atoms with Gasteiger partial charge in [0, 0.05) is 0 Å². The van der Waals surface area contributed by atoms with Gasteiger partial charge >= 0.3 is 0 Å². The van der Waals surface area contributed by atoms with Crippen LogP contribution in [0.1, 0.15) is 29.7 Å². The lowest BCUT2D eigenvalue weighted by atomic mass is 9.90. The van der Waals surface area contributed by atoms with Gasteiger partial charge in [0.1, 0.15) is 11.5 Å². The van der Waals surface area contributed by atoms with Crippen LogP contribution in [0, 0.1) is 0 Å². The van der Waals surface area contributed by atoms with Crippen LogP contribution in [0.25, 0.3) is 0 Å². The van der Waals surface area contributed by atoms with Crippen molar-refractivity contribution in [3.8, 4) is 0 Å². The Balaban J connectivity index is 1.64. The summed E-state index contributed by atoms with van der Waals surface area (Å²) in [5.41, 5.74) is 4.68. The molecule has 2 amide bonds. The van der Waals surface area contributed by atoms with Crippen LogP contribution in [0.2, 0.25) is 0 Å². The molecule has 0 aliphatic heterocycles. The fourth-order valence-corrected chi connectivity index (χ4v) is 2.78. The molecule has 0 saturated carbocycles. The number of nitrogens with zero attached hydrogens (tertiary/aromatic N) is 1. The standard InChI is InChI=1S/C22H21N3O3/c1-16(19-13-8-14-28-19)24-25-20(26)15-23-22(27)21(17-9-4-2-5-10-17)18-11-6-3-7-12-18/h2-14,21H,15H2,1H3,(H,23,27)(H,25,26)/b24-16-. The molecule has 2 aromatic carbocycles. The van der Waals surface area contributed by atoms with Crippen LogP contribution in [-0.4, -0.2) is 24.1 Å². The van der Waals surface area contributed by atoms with Crippen molar-refractivity contribution in [1.82, 2.24) is 10.7 Å². The quantitative estimate of drug-likeness (QED) is 0.492. The monoisotopic (exact) mass is 375 g/mol. The Labute approximate surface area is 163 Å². The number of hydrogen-bond acceptors (Lipinski definition) is 4. The molecule has 0 unspecified atom stereocenters. The first-order valence-electron chi connectivity index (χ1n) is 8.90. The molecule has 0 saturated heterocycles. The van der Waals surface area contributed by atoms with Crippen LogP contribution < -0.4 is 10.7 Å². The van der Waals surface area contributed by atoms with Crippen molar-refractivity contribution in [3.63, 3.8) is 0 Å². The molecule has 28 heavy (non-hydrogen) atoms. The van der Waals surface area contributed by atoms with E-state index >= 15 is 0 Å². The van der Waals surface area contributed by atoms with Gasteiger partial charge in [0.25, 0.3) is 5.91 Å². The number of amides is 2. The summed E-state index contributed by atoms with van der Waals surface area (Å²) < 4.78 is 5.20. The number of nitrogens with one attached hydrogen (secondary N) is 2. The lowest BCUT2D eigenvalue weighted by molar-refractivity contribution is -0.126. The largest absolute Gasteiger partial charge is 0.463 e. The fourth-order valence-electron chi connectivity index (χ4n) is 2.78. The van der Waals surface area contributed by atoms with Crippen molar-refractivity contribution in [2.45, 2.75) is 12.8 Å². The van der Waals surface area contributed by atoms with Gasteiger partial charge in [0.15, 0.2) is 0 Å². The summed E-state index contributed by atoms with van der Waals surface area (Å²) in [6.45, 7) is 1.54. The Kier molecular flexibility index (Phi) is 6.36. The average Bonchev–Trinajstić information content (AvgIpc) is 3.27. The van der Waals surface area contributed by atoms with Crippen LogP contribution >= 0.6 is 0 Å². The Hall–Kier alpha value is -3.67. The van der Waals surface area contributed by atoms with Crippen LogP contribution in [-0.2, 0) is 9.59 Å². The predicted molar refractivity (Wildman–Crippen MR) is 107 cm³/mol. The maximum atomic E-state index is 12.8. The van der Waals surface area contributed by atoms with E-state index in [0.29, 0.717) is 11.5 Å². The molecule has 2 N–H and O–H groups in total. The number of furan rings is 1. The summed E-state index contributed by atoms with van der Waals surface area (Å²) in [6.07, 6.45) is 1.53. The van der Waals surface area contributed by atoms with Crippen LogP contribution in [0.5, 0.6) is 0 Å². The molecule has 0 spiro atoms. The summed E-state index contributed by atoms with van der Waals surface area (Å²) in [5.74, 6) is -0.598. The number of hydrazone groups is 1. The zero-order chi connectivity index (χ0) is 19.8. The fraction of sp³-hybridized carbons (Fsp3) is 0.136. The Morgan fingerprint density at radius 1 is 0.929 bits per heavy atom. The predicted octanol–water partition coefficient (Wildman–Crippen LogP) is 3.07. The molecule has 0 aliphatic carbocycles. The minimum absolute atomic E-state index is 0.177. The summed E-state index contributed by atoms with van der Waals surface area (Å²) in [6, 6.07) is 22.4. The summed E-state index contributed by atoms with van der Waals surface area (Å²) in [7, 11) is 0. The molecular weight excluding hydrogens is 354 g/mol. The number of benzene rings is 2. The van der Waals surface area contributed by atoms with E-state index in [9.17, 15) is 9.59 Å². The van der Waals surface area contributed by atoms with Gasteiger partial charge < -0.3 is 9.73 Å². The van der Waals surface area contributed by atoms with Gasteiger partial charge in [-0.05, 0) is 30.2 Å². The maximum absolute atomic E-state index is 12.8. The van der Waals surface area contributed by atoms with E-state index in [1.807, 2.05) is 60.7 Å². The van der Waals surface area contributed by atoms with Crippen LogP contribution in [0.3, 0.4) is 0 Å². The second-order valence-corrected chi connectivity index (χ2v) is 6.18. The lowest BCUT2D eigenvalue weighted by Crippen LogP contribution is -2.38. The van der Waals surface area contributed by atoms with E-state index in [-0.39, 0.29) is 12.5 Å². The van der Waals surface area contributed by atoms with Crippen molar-refractivity contribution in [1.29, 1.82) is 0 Å². The van der Waals surface area contributed by atoms with E-state index in [4.69, 9.17) is 4.42 Å². The average molecular weight is 375 g/mol. The molecule has 3 aromatic rings. The number of carbonyl (C=O) groups excluding carboxylic acids is 2. The molecule has 142 valence electrons. The molecule has 0 fully saturated rings. The van der Waals surface area contributed by atoms with Gasteiger partial charge in [-0.1, -0.05) is 60.7 Å². The van der Waals surface area contributed by atoms with E-state index in [2.05, 4.69) is 15.8 Å². The number of rotatable bonds is 7. The SMILES string of the molecule is C/C(=N/NC(=O)CNC(=O)C(c1ccccc1)c1ccccc1)c1ccco1. The molecule has 0 aliphatic rings. The molecule has 1 aromatic heterocycles. The highest BCUT2D eigenvalue weighted by Crippen LogP contribution is 2.24. The molecular formula is C22H21N3O3. The van der Waals surface area contributed by atoms with Crippen LogP contribution in [0.4, 0.5) is 0 Å². The molecule has 0 bridgehead atoms. The van der Waals surface area contributed by atoms with E-state index in [0.717, 1.165) is 11.1 Å². The third kappa shape index (κ3) is 4.94. The van der Waals surface area contributed by atoms with Crippen molar-refractivity contribution in [2.75, 3.05) is 6.54 Å². The first-order chi connectivity index (χ1) is 13.6. The van der Waals surface area contributed by atoms with E-state index in [1.54, 1.807) is 19.1 Å². The highest BCUT2D eigenvalue weighted by atomic mass is 16.3.